The van der Waals surface area contributed by atoms with Gasteiger partial charge in [-0.2, -0.15) is 0 Å². The summed E-state index contributed by atoms with van der Waals surface area (Å²) < 4.78 is 5.84. The third-order valence-corrected chi connectivity index (χ3v) is 5.56. The Labute approximate surface area is 189 Å². The molecule has 1 aliphatic rings. The second-order valence-corrected chi connectivity index (χ2v) is 8.97. The van der Waals surface area contributed by atoms with Crippen LogP contribution in [0.2, 0.25) is 5.02 Å². The molecule has 1 fully saturated rings. The Balaban J connectivity index is 1.56. The number of hydrogen-bond donors (Lipinski definition) is 1. The van der Waals surface area contributed by atoms with E-state index < -0.39 is 5.60 Å². The first kappa shape index (κ1) is 22.9. The molecule has 0 spiro atoms. The van der Waals surface area contributed by atoms with Gasteiger partial charge in [-0.25, -0.2) is 0 Å². The lowest BCUT2D eigenvalue weighted by atomic mass is 10.1. The maximum atomic E-state index is 12.7. The molecule has 2 amide bonds. The van der Waals surface area contributed by atoms with E-state index in [9.17, 15) is 9.59 Å². The Bertz CT molecular complexity index is 903. The minimum atomic E-state index is -1.05. The average molecular weight is 444 g/mol. The third-order valence-electron chi connectivity index (χ3n) is 5.31. The molecule has 0 aromatic heterocycles. The summed E-state index contributed by atoms with van der Waals surface area (Å²) in [6.45, 7) is 10.4. The Morgan fingerprint density at radius 1 is 0.968 bits per heavy atom. The lowest BCUT2D eigenvalue weighted by Gasteiger charge is -2.37. The molecular formula is C24H30ClN3O3. The Hall–Kier alpha value is -2.73. The number of carbonyl (C=O) groups excluding carboxylic acids is 2. The molecule has 1 saturated heterocycles. The molecule has 3 rings (SSSR count). The molecule has 6 nitrogen and oxygen atoms in total. The van der Waals surface area contributed by atoms with Crippen LogP contribution >= 0.6 is 11.6 Å². The van der Waals surface area contributed by atoms with Crippen LogP contribution in [-0.2, 0) is 9.59 Å². The van der Waals surface area contributed by atoms with Gasteiger partial charge in [0.2, 0.25) is 5.91 Å². The van der Waals surface area contributed by atoms with Gasteiger partial charge < -0.3 is 19.9 Å². The van der Waals surface area contributed by atoms with Crippen molar-refractivity contribution >= 4 is 34.8 Å². The van der Waals surface area contributed by atoms with Crippen LogP contribution in [0.25, 0.3) is 0 Å². The molecule has 1 aliphatic heterocycles. The zero-order chi connectivity index (χ0) is 22.6. The molecule has 1 N–H and O–H groups in total. The number of benzene rings is 2. The third kappa shape index (κ3) is 5.91. The van der Waals surface area contributed by atoms with Crippen molar-refractivity contribution in [1.82, 2.24) is 4.90 Å². The van der Waals surface area contributed by atoms with E-state index in [4.69, 9.17) is 16.3 Å². The molecular weight excluding hydrogens is 414 g/mol. The fourth-order valence-electron chi connectivity index (χ4n) is 3.43. The van der Waals surface area contributed by atoms with Gasteiger partial charge >= 0.3 is 0 Å². The highest BCUT2D eigenvalue weighted by atomic mass is 35.5. The molecule has 2 aromatic carbocycles. The van der Waals surface area contributed by atoms with Crippen molar-refractivity contribution in [2.24, 2.45) is 5.92 Å². The van der Waals surface area contributed by atoms with Crippen molar-refractivity contribution in [3.63, 3.8) is 0 Å². The standard InChI is InChI=1S/C24H30ClN3O3/c1-17(2)22(29)28-15-13-27(14-16-28)20-9-7-19(8-10-20)26-23(30)24(3,4)31-21-11-5-18(25)6-12-21/h5-12,17H,13-16H2,1-4H3,(H,26,30). The van der Waals surface area contributed by atoms with Crippen LogP contribution < -0.4 is 15.0 Å². The molecule has 31 heavy (non-hydrogen) atoms. The number of anilines is 2. The summed E-state index contributed by atoms with van der Waals surface area (Å²) in [5.74, 6) is 0.578. The highest BCUT2D eigenvalue weighted by Crippen LogP contribution is 2.24. The van der Waals surface area contributed by atoms with E-state index in [0.29, 0.717) is 16.5 Å². The summed E-state index contributed by atoms with van der Waals surface area (Å²) in [6.07, 6.45) is 0. The molecule has 166 valence electrons. The number of nitrogens with zero attached hydrogens (tertiary/aromatic N) is 2. The van der Waals surface area contributed by atoms with E-state index >= 15 is 0 Å². The summed E-state index contributed by atoms with van der Waals surface area (Å²) in [7, 11) is 0. The highest BCUT2D eigenvalue weighted by Gasteiger charge is 2.30. The number of piperazine rings is 1. The van der Waals surface area contributed by atoms with Gasteiger partial charge in [0.25, 0.3) is 5.91 Å². The highest BCUT2D eigenvalue weighted by molar-refractivity contribution is 6.30. The van der Waals surface area contributed by atoms with Crippen LogP contribution in [0.15, 0.2) is 48.5 Å². The van der Waals surface area contributed by atoms with Gasteiger partial charge in [-0.05, 0) is 62.4 Å². The van der Waals surface area contributed by atoms with Crippen molar-refractivity contribution in [3.8, 4) is 5.75 Å². The van der Waals surface area contributed by atoms with Gasteiger partial charge in [-0.3, -0.25) is 9.59 Å². The molecule has 0 saturated carbocycles. The smallest absolute Gasteiger partial charge is 0.267 e. The first-order chi connectivity index (χ1) is 14.7. The van der Waals surface area contributed by atoms with Crippen molar-refractivity contribution in [3.05, 3.63) is 53.6 Å². The van der Waals surface area contributed by atoms with Gasteiger partial charge in [0.1, 0.15) is 5.75 Å². The van der Waals surface area contributed by atoms with Gasteiger partial charge in [-0.1, -0.05) is 25.4 Å². The summed E-state index contributed by atoms with van der Waals surface area (Å²) >= 11 is 5.90. The van der Waals surface area contributed by atoms with Crippen molar-refractivity contribution < 1.29 is 14.3 Å². The first-order valence-electron chi connectivity index (χ1n) is 10.6. The normalized spacial score (nSPS) is 14.5. The van der Waals surface area contributed by atoms with E-state index in [1.165, 1.54) is 0 Å². The van der Waals surface area contributed by atoms with Gasteiger partial charge in [0.05, 0.1) is 0 Å². The van der Waals surface area contributed by atoms with Crippen LogP contribution in [0.3, 0.4) is 0 Å². The molecule has 0 radical (unpaired) electrons. The Kier molecular flexibility index (Phi) is 7.11. The fraction of sp³-hybridized carbons (Fsp3) is 0.417. The lowest BCUT2D eigenvalue weighted by Crippen LogP contribution is -2.49. The van der Waals surface area contributed by atoms with Crippen LogP contribution in [0.1, 0.15) is 27.7 Å². The summed E-state index contributed by atoms with van der Waals surface area (Å²) in [5.41, 5.74) is 0.729. The quantitative estimate of drug-likeness (QED) is 0.716. The number of hydrogen-bond acceptors (Lipinski definition) is 4. The maximum Gasteiger partial charge on any atom is 0.267 e. The summed E-state index contributed by atoms with van der Waals surface area (Å²) in [6, 6.07) is 14.7. The monoisotopic (exact) mass is 443 g/mol. The Morgan fingerprint density at radius 3 is 2.10 bits per heavy atom. The minimum absolute atomic E-state index is 0.0300. The number of amides is 2. The number of carbonyl (C=O) groups is 2. The zero-order valence-electron chi connectivity index (χ0n) is 18.5. The molecule has 2 aromatic rings. The van der Waals surface area contributed by atoms with E-state index in [2.05, 4.69) is 10.2 Å². The molecule has 0 aliphatic carbocycles. The predicted octanol–water partition coefficient (Wildman–Crippen LogP) is 4.44. The van der Waals surface area contributed by atoms with Gasteiger partial charge in [0, 0.05) is 48.5 Å². The van der Waals surface area contributed by atoms with Crippen molar-refractivity contribution in [1.29, 1.82) is 0 Å². The first-order valence-corrected chi connectivity index (χ1v) is 10.9. The largest absolute Gasteiger partial charge is 0.478 e. The maximum absolute atomic E-state index is 12.7. The van der Waals surface area contributed by atoms with Crippen LogP contribution in [-0.4, -0.2) is 48.5 Å². The second-order valence-electron chi connectivity index (χ2n) is 8.53. The molecule has 0 unspecified atom stereocenters. The zero-order valence-corrected chi connectivity index (χ0v) is 19.3. The summed E-state index contributed by atoms with van der Waals surface area (Å²) in [4.78, 5) is 29.1. The van der Waals surface area contributed by atoms with Crippen molar-refractivity contribution in [2.75, 3.05) is 36.4 Å². The predicted molar refractivity (Wildman–Crippen MR) is 125 cm³/mol. The Morgan fingerprint density at radius 2 is 1.55 bits per heavy atom. The SMILES string of the molecule is CC(C)C(=O)N1CCN(c2ccc(NC(=O)C(C)(C)Oc3ccc(Cl)cc3)cc2)CC1. The van der Waals surface area contributed by atoms with Crippen molar-refractivity contribution in [2.45, 2.75) is 33.3 Å². The van der Waals surface area contributed by atoms with Gasteiger partial charge in [-0.15, -0.1) is 0 Å². The number of halogens is 1. The number of rotatable bonds is 6. The average Bonchev–Trinajstić information content (AvgIpc) is 2.75. The number of nitrogens with one attached hydrogen (secondary N) is 1. The van der Waals surface area contributed by atoms with E-state index in [-0.39, 0.29) is 17.7 Å². The minimum Gasteiger partial charge on any atom is -0.478 e. The molecule has 7 heteroatoms. The van der Waals surface area contributed by atoms with Crippen LogP contribution in [0.4, 0.5) is 11.4 Å². The number of ether oxygens (including phenoxy) is 1. The van der Waals surface area contributed by atoms with Crippen LogP contribution in [0, 0.1) is 5.92 Å². The summed E-state index contributed by atoms with van der Waals surface area (Å²) in [5, 5.41) is 3.53. The van der Waals surface area contributed by atoms with E-state index in [0.717, 1.165) is 31.9 Å². The molecule has 0 bridgehead atoms. The lowest BCUT2D eigenvalue weighted by molar-refractivity contribution is -0.134. The fourth-order valence-corrected chi connectivity index (χ4v) is 3.56. The molecule has 0 atom stereocenters. The second kappa shape index (κ2) is 9.60. The van der Waals surface area contributed by atoms with Gasteiger partial charge in [0.15, 0.2) is 5.60 Å². The molecule has 1 heterocycles. The topological polar surface area (TPSA) is 61.9 Å². The van der Waals surface area contributed by atoms with Crippen LogP contribution in [0.5, 0.6) is 5.75 Å². The van der Waals surface area contributed by atoms with E-state index in [1.54, 1.807) is 38.1 Å². The van der Waals surface area contributed by atoms with E-state index in [1.807, 2.05) is 43.0 Å².